The van der Waals surface area contributed by atoms with Gasteiger partial charge in [-0.1, -0.05) is 75.5 Å². The summed E-state index contributed by atoms with van der Waals surface area (Å²) in [5.41, 5.74) is 0. The van der Waals surface area contributed by atoms with Crippen LogP contribution in [0.2, 0.25) is 0 Å². The van der Waals surface area contributed by atoms with Crippen LogP contribution in [-0.4, -0.2) is 22.3 Å². The lowest BCUT2D eigenvalue weighted by atomic mass is 10.1. The Kier molecular flexibility index (Phi) is 16.0. The van der Waals surface area contributed by atoms with Gasteiger partial charge in [0.1, 0.15) is 0 Å². The summed E-state index contributed by atoms with van der Waals surface area (Å²) in [7, 11) is 0. The van der Waals surface area contributed by atoms with E-state index < -0.39 is 12.1 Å². The zero-order chi connectivity index (χ0) is 17.2. The van der Waals surface area contributed by atoms with Gasteiger partial charge in [0.25, 0.3) is 0 Å². The number of aliphatic hydroxyl groups is 1. The van der Waals surface area contributed by atoms with Crippen molar-refractivity contribution < 1.29 is 15.0 Å². The molecule has 0 fully saturated rings. The number of allylic oxidation sites excluding steroid dienone is 5. The molecule has 0 aromatic heterocycles. The van der Waals surface area contributed by atoms with Gasteiger partial charge < -0.3 is 10.2 Å². The molecule has 1 atom stereocenters. The molecule has 0 saturated carbocycles. The molecule has 0 aromatic carbocycles. The topological polar surface area (TPSA) is 57.5 Å². The molecule has 0 spiro atoms. The molecule has 0 heterocycles. The van der Waals surface area contributed by atoms with Crippen molar-refractivity contribution in [3.63, 3.8) is 0 Å². The molecule has 0 radical (unpaired) electrons. The monoisotopic (exact) mass is 322 g/mol. The van der Waals surface area contributed by atoms with Crippen LogP contribution < -0.4 is 0 Å². The Balaban J connectivity index is 3.49. The Bertz CT molecular complexity index is 356. The van der Waals surface area contributed by atoms with E-state index in [4.69, 9.17) is 5.11 Å². The summed E-state index contributed by atoms with van der Waals surface area (Å²) < 4.78 is 0. The maximum Gasteiger partial charge on any atom is 0.303 e. The highest BCUT2D eigenvalue weighted by atomic mass is 16.4. The van der Waals surface area contributed by atoms with Gasteiger partial charge in [-0.25, -0.2) is 0 Å². The van der Waals surface area contributed by atoms with Gasteiger partial charge in [0, 0.05) is 6.42 Å². The number of aliphatic hydroxyl groups excluding tert-OH is 1. The average molecular weight is 322 g/mol. The van der Waals surface area contributed by atoms with Crippen molar-refractivity contribution in [2.45, 2.75) is 83.7 Å². The SMILES string of the molecule is CCCCCCCC/C=C\C/C=C\C=C/[C@@H](O)CCCC(=O)O. The van der Waals surface area contributed by atoms with Gasteiger partial charge >= 0.3 is 5.97 Å². The van der Waals surface area contributed by atoms with E-state index in [1.807, 2.05) is 12.2 Å². The van der Waals surface area contributed by atoms with E-state index in [0.29, 0.717) is 12.8 Å². The third-order valence-corrected chi connectivity index (χ3v) is 3.63. The fourth-order valence-corrected chi connectivity index (χ4v) is 2.24. The highest BCUT2D eigenvalue weighted by Gasteiger charge is 2.01. The summed E-state index contributed by atoms with van der Waals surface area (Å²) in [6.45, 7) is 2.24. The molecule has 0 aliphatic carbocycles. The minimum Gasteiger partial charge on any atom is -0.481 e. The van der Waals surface area contributed by atoms with Gasteiger partial charge in [-0.3, -0.25) is 4.79 Å². The molecule has 0 aromatic rings. The number of carboxylic acid groups (broad SMARTS) is 1. The lowest BCUT2D eigenvalue weighted by Gasteiger charge is -2.02. The first kappa shape index (κ1) is 21.6. The number of hydrogen-bond donors (Lipinski definition) is 2. The van der Waals surface area contributed by atoms with E-state index in [9.17, 15) is 9.90 Å². The highest BCUT2D eigenvalue weighted by molar-refractivity contribution is 5.66. The van der Waals surface area contributed by atoms with Crippen molar-refractivity contribution in [3.8, 4) is 0 Å². The highest BCUT2D eigenvalue weighted by Crippen LogP contribution is 2.07. The Morgan fingerprint density at radius 3 is 2.43 bits per heavy atom. The van der Waals surface area contributed by atoms with Crippen LogP contribution in [-0.2, 0) is 4.79 Å². The largest absolute Gasteiger partial charge is 0.481 e. The summed E-state index contributed by atoms with van der Waals surface area (Å²) in [6.07, 6.45) is 22.6. The van der Waals surface area contributed by atoms with Gasteiger partial charge in [-0.05, 0) is 32.1 Å². The van der Waals surface area contributed by atoms with E-state index in [0.717, 1.165) is 12.8 Å². The Morgan fingerprint density at radius 1 is 0.957 bits per heavy atom. The molecule has 2 N–H and O–H groups in total. The predicted octanol–water partition coefficient (Wildman–Crippen LogP) is 5.41. The fourth-order valence-electron chi connectivity index (χ4n) is 2.24. The molecule has 0 amide bonds. The van der Waals surface area contributed by atoms with E-state index in [1.54, 1.807) is 6.08 Å². The molecule has 3 heteroatoms. The predicted molar refractivity (Wildman–Crippen MR) is 97.5 cm³/mol. The first-order valence-electron chi connectivity index (χ1n) is 9.05. The van der Waals surface area contributed by atoms with Gasteiger partial charge in [0.2, 0.25) is 0 Å². The molecule has 23 heavy (non-hydrogen) atoms. The molecule has 0 rings (SSSR count). The van der Waals surface area contributed by atoms with Crippen LogP contribution in [0.25, 0.3) is 0 Å². The smallest absolute Gasteiger partial charge is 0.303 e. The number of aliphatic carboxylic acids is 1. The summed E-state index contributed by atoms with van der Waals surface area (Å²) in [5.74, 6) is -0.811. The number of hydrogen-bond acceptors (Lipinski definition) is 2. The van der Waals surface area contributed by atoms with Gasteiger partial charge in [0.15, 0.2) is 0 Å². The Hall–Kier alpha value is -1.35. The third-order valence-electron chi connectivity index (χ3n) is 3.63. The molecule has 0 aliphatic heterocycles. The number of rotatable bonds is 15. The summed E-state index contributed by atoms with van der Waals surface area (Å²) in [4.78, 5) is 10.3. The molecule has 0 bridgehead atoms. The fraction of sp³-hybridized carbons (Fsp3) is 0.650. The van der Waals surface area contributed by atoms with Crippen LogP contribution >= 0.6 is 0 Å². The molecular weight excluding hydrogens is 288 g/mol. The molecule has 132 valence electrons. The van der Waals surface area contributed by atoms with Crippen LogP contribution in [0.1, 0.15) is 77.6 Å². The van der Waals surface area contributed by atoms with Crippen LogP contribution in [0.3, 0.4) is 0 Å². The molecule has 0 unspecified atom stereocenters. The first-order valence-corrected chi connectivity index (χ1v) is 9.05. The third kappa shape index (κ3) is 18.6. The quantitative estimate of drug-likeness (QED) is 0.241. The number of carbonyl (C=O) groups is 1. The maximum atomic E-state index is 10.3. The lowest BCUT2D eigenvalue weighted by Crippen LogP contribution is -2.03. The van der Waals surface area contributed by atoms with Crippen molar-refractivity contribution in [1.82, 2.24) is 0 Å². The zero-order valence-electron chi connectivity index (χ0n) is 14.6. The van der Waals surface area contributed by atoms with E-state index in [1.165, 1.54) is 38.5 Å². The van der Waals surface area contributed by atoms with Crippen molar-refractivity contribution >= 4 is 5.97 Å². The second-order valence-electron chi connectivity index (χ2n) is 5.93. The van der Waals surface area contributed by atoms with Crippen LogP contribution in [0, 0.1) is 0 Å². The van der Waals surface area contributed by atoms with Gasteiger partial charge in [-0.15, -0.1) is 0 Å². The first-order chi connectivity index (χ1) is 11.2. The van der Waals surface area contributed by atoms with Crippen molar-refractivity contribution in [3.05, 3.63) is 36.5 Å². The normalized spacial score (nSPS) is 13.5. The average Bonchev–Trinajstić information content (AvgIpc) is 2.51. The molecule has 0 aliphatic rings. The van der Waals surface area contributed by atoms with Crippen LogP contribution in [0.15, 0.2) is 36.5 Å². The Labute approximate surface area is 141 Å². The lowest BCUT2D eigenvalue weighted by molar-refractivity contribution is -0.137. The zero-order valence-corrected chi connectivity index (χ0v) is 14.6. The van der Waals surface area contributed by atoms with E-state index in [-0.39, 0.29) is 6.42 Å². The van der Waals surface area contributed by atoms with Crippen molar-refractivity contribution in [2.24, 2.45) is 0 Å². The number of carboxylic acids is 1. The van der Waals surface area contributed by atoms with Crippen molar-refractivity contribution in [1.29, 1.82) is 0 Å². The molecule has 0 saturated heterocycles. The Morgan fingerprint density at radius 2 is 1.70 bits per heavy atom. The van der Waals surface area contributed by atoms with Crippen LogP contribution in [0.4, 0.5) is 0 Å². The standard InChI is InChI=1S/C20H34O3/c1-2-3-4-5-6-7-8-9-10-11-12-13-14-16-19(21)17-15-18-20(22)23/h9-10,12-14,16,19,21H,2-8,11,15,17-18H2,1H3,(H,22,23)/b10-9-,13-12-,16-14-/t19-/m1/s1. The summed E-state index contributed by atoms with van der Waals surface area (Å²) in [5, 5.41) is 18.1. The van der Waals surface area contributed by atoms with Crippen molar-refractivity contribution in [2.75, 3.05) is 0 Å². The minimum atomic E-state index is -0.811. The van der Waals surface area contributed by atoms with Gasteiger partial charge in [-0.2, -0.15) is 0 Å². The van der Waals surface area contributed by atoms with Gasteiger partial charge in [0.05, 0.1) is 6.10 Å². The van der Waals surface area contributed by atoms with E-state index in [2.05, 4.69) is 25.2 Å². The van der Waals surface area contributed by atoms with Crippen LogP contribution in [0.5, 0.6) is 0 Å². The second kappa shape index (κ2) is 17.0. The molecular formula is C20H34O3. The summed E-state index contributed by atoms with van der Waals surface area (Å²) >= 11 is 0. The summed E-state index contributed by atoms with van der Waals surface area (Å²) in [6, 6.07) is 0. The second-order valence-corrected chi connectivity index (χ2v) is 5.93. The minimum absolute atomic E-state index is 0.115. The molecule has 3 nitrogen and oxygen atoms in total. The number of unbranched alkanes of at least 4 members (excludes halogenated alkanes) is 6. The van der Waals surface area contributed by atoms with E-state index >= 15 is 0 Å². The maximum absolute atomic E-state index is 10.3.